The molecule has 1 rings (SSSR count). The number of carbonyl (C=O) groups is 1. The van der Waals surface area contributed by atoms with Gasteiger partial charge in [-0.05, 0) is 38.1 Å². The zero-order valence-corrected chi connectivity index (χ0v) is 11.5. The van der Waals surface area contributed by atoms with Gasteiger partial charge in [0.2, 0.25) is 5.91 Å². The molecule has 0 heterocycles. The lowest BCUT2D eigenvalue weighted by Crippen LogP contribution is -2.31. The third-order valence-corrected chi connectivity index (χ3v) is 2.54. The second-order valence-corrected chi connectivity index (χ2v) is 4.78. The molecule has 18 heavy (non-hydrogen) atoms. The number of nitrogens with one attached hydrogen (secondary N) is 2. The highest BCUT2D eigenvalue weighted by Gasteiger charge is 2.02. The van der Waals surface area contributed by atoms with Crippen molar-refractivity contribution in [1.82, 2.24) is 5.32 Å². The highest BCUT2D eigenvalue weighted by molar-refractivity contribution is 7.80. The Morgan fingerprint density at radius 3 is 2.44 bits per heavy atom. The van der Waals surface area contributed by atoms with Crippen molar-refractivity contribution in [2.24, 2.45) is 5.73 Å². The number of hydrogen-bond acceptors (Lipinski definition) is 3. The molecule has 0 radical (unpaired) electrons. The monoisotopic (exact) mass is 265 g/mol. The maximum absolute atomic E-state index is 11.4. The summed E-state index contributed by atoms with van der Waals surface area (Å²) in [6.45, 7) is 4.49. The van der Waals surface area contributed by atoms with Crippen molar-refractivity contribution in [3.8, 4) is 0 Å². The van der Waals surface area contributed by atoms with E-state index in [1.54, 1.807) is 0 Å². The standard InChI is InChI=1S/C13H19N3OS/c1-9(2)16-12(17)7-8-15-11-5-3-10(4-6-11)13(14)18/h3-6,9,15H,7-8H2,1-2H3,(H2,14,18)(H,16,17). The smallest absolute Gasteiger partial charge is 0.221 e. The van der Waals surface area contributed by atoms with E-state index in [4.69, 9.17) is 18.0 Å². The van der Waals surface area contributed by atoms with Gasteiger partial charge in [0.1, 0.15) is 4.99 Å². The minimum Gasteiger partial charge on any atom is -0.389 e. The number of rotatable bonds is 6. The Bertz CT molecular complexity index is 415. The Morgan fingerprint density at radius 2 is 1.94 bits per heavy atom. The lowest BCUT2D eigenvalue weighted by Gasteiger charge is -2.09. The van der Waals surface area contributed by atoms with Crippen LogP contribution in [0, 0.1) is 0 Å². The lowest BCUT2D eigenvalue weighted by atomic mass is 10.2. The molecular weight excluding hydrogens is 246 g/mol. The van der Waals surface area contributed by atoms with E-state index < -0.39 is 0 Å². The minimum atomic E-state index is 0.0530. The van der Waals surface area contributed by atoms with Crippen LogP contribution in [-0.4, -0.2) is 23.5 Å². The van der Waals surface area contributed by atoms with E-state index in [9.17, 15) is 4.79 Å². The molecule has 1 aromatic carbocycles. The van der Waals surface area contributed by atoms with Crippen molar-refractivity contribution in [3.05, 3.63) is 29.8 Å². The molecule has 0 bridgehead atoms. The van der Waals surface area contributed by atoms with E-state index in [0.29, 0.717) is 18.0 Å². The lowest BCUT2D eigenvalue weighted by molar-refractivity contribution is -0.121. The van der Waals surface area contributed by atoms with Crippen molar-refractivity contribution in [1.29, 1.82) is 0 Å². The molecule has 98 valence electrons. The molecule has 0 atom stereocenters. The molecule has 4 nitrogen and oxygen atoms in total. The van der Waals surface area contributed by atoms with Crippen molar-refractivity contribution in [2.75, 3.05) is 11.9 Å². The number of anilines is 1. The van der Waals surface area contributed by atoms with Crippen LogP contribution in [0.2, 0.25) is 0 Å². The molecular formula is C13H19N3OS. The first kappa shape index (κ1) is 14.4. The van der Waals surface area contributed by atoms with Gasteiger partial charge in [-0.15, -0.1) is 0 Å². The Morgan fingerprint density at radius 1 is 1.33 bits per heavy atom. The summed E-state index contributed by atoms with van der Waals surface area (Å²) < 4.78 is 0. The van der Waals surface area contributed by atoms with Gasteiger partial charge in [0.25, 0.3) is 0 Å². The summed E-state index contributed by atoms with van der Waals surface area (Å²) in [6, 6.07) is 7.70. The van der Waals surface area contributed by atoms with Crippen LogP contribution in [-0.2, 0) is 4.79 Å². The Hall–Kier alpha value is -1.62. The first-order chi connectivity index (χ1) is 8.49. The molecule has 0 fully saturated rings. The summed E-state index contributed by atoms with van der Waals surface area (Å²) in [5.41, 5.74) is 7.30. The number of amides is 1. The summed E-state index contributed by atoms with van der Waals surface area (Å²) in [7, 11) is 0. The summed E-state index contributed by atoms with van der Waals surface area (Å²) in [5, 5.41) is 6.01. The topological polar surface area (TPSA) is 67.2 Å². The number of hydrogen-bond donors (Lipinski definition) is 3. The Balaban J connectivity index is 2.35. The van der Waals surface area contributed by atoms with Crippen LogP contribution in [0.5, 0.6) is 0 Å². The van der Waals surface area contributed by atoms with E-state index in [2.05, 4.69) is 10.6 Å². The number of thiocarbonyl (C=S) groups is 1. The predicted molar refractivity (Wildman–Crippen MR) is 78.7 cm³/mol. The molecule has 0 aliphatic rings. The molecule has 5 heteroatoms. The zero-order valence-electron chi connectivity index (χ0n) is 10.7. The zero-order chi connectivity index (χ0) is 13.5. The average molecular weight is 265 g/mol. The van der Waals surface area contributed by atoms with Crippen LogP contribution in [0.4, 0.5) is 5.69 Å². The van der Waals surface area contributed by atoms with Crippen LogP contribution in [0.3, 0.4) is 0 Å². The van der Waals surface area contributed by atoms with Crippen LogP contribution >= 0.6 is 12.2 Å². The normalized spacial score (nSPS) is 10.2. The summed E-state index contributed by atoms with van der Waals surface area (Å²) in [6.07, 6.45) is 0.454. The van der Waals surface area contributed by atoms with Gasteiger partial charge in [-0.2, -0.15) is 0 Å². The molecule has 0 spiro atoms. The van der Waals surface area contributed by atoms with Gasteiger partial charge in [-0.1, -0.05) is 12.2 Å². The third-order valence-electron chi connectivity index (χ3n) is 2.30. The fraction of sp³-hybridized carbons (Fsp3) is 0.385. The van der Waals surface area contributed by atoms with Crippen LogP contribution in [0.15, 0.2) is 24.3 Å². The van der Waals surface area contributed by atoms with Gasteiger partial charge < -0.3 is 16.4 Å². The molecule has 0 saturated carbocycles. The number of carbonyl (C=O) groups excluding carboxylic acids is 1. The molecule has 0 aliphatic carbocycles. The quantitative estimate of drug-likeness (QED) is 0.684. The summed E-state index contributed by atoms with van der Waals surface area (Å²) in [5.74, 6) is 0.0530. The van der Waals surface area contributed by atoms with Gasteiger partial charge in [-0.3, -0.25) is 4.79 Å². The molecule has 0 aromatic heterocycles. The maximum Gasteiger partial charge on any atom is 0.221 e. The molecule has 1 amide bonds. The molecule has 0 aliphatic heterocycles. The van der Waals surface area contributed by atoms with Gasteiger partial charge in [0.15, 0.2) is 0 Å². The fourth-order valence-corrected chi connectivity index (χ4v) is 1.60. The van der Waals surface area contributed by atoms with Gasteiger partial charge in [0, 0.05) is 30.3 Å². The number of benzene rings is 1. The molecule has 0 saturated heterocycles. The Kier molecular flexibility index (Phi) is 5.58. The molecule has 1 aromatic rings. The largest absolute Gasteiger partial charge is 0.389 e. The van der Waals surface area contributed by atoms with Crippen LogP contribution in [0.25, 0.3) is 0 Å². The van der Waals surface area contributed by atoms with Gasteiger partial charge >= 0.3 is 0 Å². The highest BCUT2D eigenvalue weighted by atomic mass is 32.1. The maximum atomic E-state index is 11.4. The molecule has 4 N–H and O–H groups in total. The van der Waals surface area contributed by atoms with Crippen molar-refractivity contribution >= 4 is 28.8 Å². The summed E-state index contributed by atoms with van der Waals surface area (Å²) in [4.78, 5) is 11.8. The molecule has 0 unspecified atom stereocenters. The fourth-order valence-electron chi connectivity index (χ4n) is 1.47. The number of nitrogens with two attached hydrogens (primary N) is 1. The van der Waals surface area contributed by atoms with E-state index >= 15 is 0 Å². The average Bonchev–Trinajstić information content (AvgIpc) is 2.28. The first-order valence-electron chi connectivity index (χ1n) is 5.92. The van der Waals surface area contributed by atoms with Crippen LogP contribution < -0.4 is 16.4 Å². The van der Waals surface area contributed by atoms with E-state index in [1.165, 1.54) is 0 Å². The van der Waals surface area contributed by atoms with E-state index in [-0.39, 0.29) is 11.9 Å². The summed E-state index contributed by atoms with van der Waals surface area (Å²) >= 11 is 4.87. The van der Waals surface area contributed by atoms with Gasteiger partial charge in [-0.25, -0.2) is 0 Å². The predicted octanol–water partition coefficient (Wildman–Crippen LogP) is 1.65. The SMILES string of the molecule is CC(C)NC(=O)CCNc1ccc(C(N)=S)cc1. The Labute approximate surface area is 113 Å². The van der Waals surface area contributed by atoms with E-state index in [0.717, 1.165) is 11.3 Å². The van der Waals surface area contributed by atoms with Crippen molar-refractivity contribution < 1.29 is 4.79 Å². The minimum absolute atomic E-state index is 0.0530. The van der Waals surface area contributed by atoms with Crippen LogP contribution in [0.1, 0.15) is 25.8 Å². The van der Waals surface area contributed by atoms with Crippen molar-refractivity contribution in [3.63, 3.8) is 0 Å². The highest BCUT2D eigenvalue weighted by Crippen LogP contribution is 2.09. The third kappa shape index (κ3) is 5.14. The van der Waals surface area contributed by atoms with Crippen molar-refractivity contribution in [2.45, 2.75) is 26.3 Å². The second kappa shape index (κ2) is 6.96. The second-order valence-electron chi connectivity index (χ2n) is 4.34. The van der Waals surface area contributed by atoms with Gasteiger partial charge in [0.05, 0.1) is 0 Å². The van der Waals surface area contributed by atoms with E-state index in [1.807, 2.05) is 38.1 Å². The first-order valence-corrected chi connectivity index (χ1v) is 6.33.